The second kappa shape index (κ2) is 5.98. The quantitative estimate of drug-likeness (QED) is 0.803. The molecule has 1 amide bonds. The molecule has 4 nitrogen and oxygen atoms in total. The number of hydrogen-bond acceptors (Lipinski definition) is 4. The summed E-state index contributed by atoms with van der Waals surface area (Å²) < 4.78 is 6.50. The maximum atomic E-state index is 11.5. The zero-order valence-electron chi connectivity index (χ0n) is 8.12. The fourth-order valence-electron chi connectivity index (χ4n) is 0.812. The van der Waals surface area contributed by atoms with Crippen molar-refractivity contribution in [2.24, 2.45) is 0 Å². The fourth-order valence-corrected chi connectivity index (χ4v) is 1.61. The third kappa shape index (κ3) is 3.59. The zero-order valence-corrected chi connectivity index (χ0v) is 10.4. The molecule has 0 radical (unpaired) electrons. The lowest BCUT2D eigenvalue weighted by Crippen LogP contribution is -2.17. The van der Waals surface area contributed by atoms with Gasteiger partial charge in [0.1, 0.15) is 0 Å². The minimum Gasteiger partial charge on any atom is -0.452 e. The Morgan fingerprint density at radius 3 is 2.56 bits per heavy atom. The van der Waals surface area contributed by atoms with Gasteiger partial charge in [-0.1, -0.05) is 23.2 Å². The summed E-state index contributed by atoms with van der Waals surface area (Å²) in [4.78, 5) is 22.2. The highest BCUT2D eigenvalue weighted by Gasteiger charge is 2.10. The van der Waals surface area contributed by atoms with E-state index in [0.29, 0.717) is 22.5 Å². The smallest absolute Gasteiger partial charge is 0.417 e. The van der Waals surface area contributed by atoms with Gasteiger partial charge in [-0.2, -0.15) is 0 Å². The molecule has 1 aromatic rings. The van der Waals surface area contributed by atoms with Gasteiger partial charge in [0.15, 0.2) is 0 Å². The first kappa shape index (κ1) is 13.2. The molecule has 0 aromatic heterocycles. The van der Waals surface area contributed by atoms with Gasteiger partial charge in [-0.25, -0.2) is 4.79 Å². The molecule has 0 bridgehead atoms. The molecule has 7 heteroatoms. The van der Waals surface area contributed by atoms with E-state index in [4.69, 9.17) is 23.2 Å². The van der Waals surface area contributed by atoms with Crippen molar-refractivity contribution in [1.29, 1.82) is 0 Å². The molecule has 1 rings (SSSR count). The van der Waals surface area contributed by atoms with Crippen LogP contribution in [0.3, 0.4) is 0 Å². The predicted molar refractivity (Wildman–Crippen MR) is 63.9 cm³/mol. The topological polar surface area (TPSA) is 55.4 Å². The van der Waals surface area contributed by atoms with Gasteiger partial charge in [0.2, 0.25) is 5.12 Å². The molecule has 0 aliphatic carbocycles. The Bertz CT molecular complexity index is 425. The molecule has 16 heavy (non-hydrogen) atoms. The van der Waals surface area contributed by atoms with Crippen LogP contribution in [0.4, 0.5) is 4.79 Å². The highest BCUT2D eigenvalue weighted by Crippen LogP contribution is 2.24. The van der Waals surface area contributed by atoms with Crippen molar-refractivity contribution in [2.45, 2.75) is 0 Å². The van der Waals surface area contributed by atoms with E-state index in [1.807, 2.05) is 0 Å². The average Bonchev–Trinajstić information content (AvgIpc) is 2.29. The average molecular weight is 280 g/mol. The van der Waals surface area contributed by atoms with Crippen molar-refractivity contribution in [3.05, 3.63) is 33.8 Å². The standard InChI is InChI=1S/C9H7Cl2NO3S/c1-15-9(14)12-16-8(13)5-2-3-6(10)7(11)4-5/h2-4H,1H3,(H,12,14). The van der Waals surface area contributed by atoms with Gasteiger partial charge < -0.3 is 4.74 Å². The lowest BCUT2D eigenvalue weighted by atomic mass is 10.2. The summed E-state index contributed by atoms with van der Waals surface area (Å²) in [5.41, 5.74) is 0.343. The summed E-state index contributed by atoms with van der Waals surface area (Å²) in [5, 5.41) is 0.291. The SMILES string of the molecule is COC(=O)NSC(=O)c1ccc(Cl)c(Cl)c1. The third-order valence-electron chi connectivity index (χ3n) is 1.57. The second-order valence-electron chi connectivity index (χ2n) is 2.61. The number of nitrogens with one attached hydrogen (secondary N) is 1. The molecule has 1 N–H and O–H groups in total. The van der Waals surface area contributed by atoms with E-state index in [9.17, 15) is 9.59 Å². The van der Waals surface area contributed by atoms with Crippen molar-refractivity contribution in [3.63, 3.8) is 0 Å². The van der Waals surface area contributed by atoms with Crippen LogP contribution in [0.25, 0.3) is 0 Å². The number of benzene rings is 1. The normalized spacial score (nSPS) is 9.69. The maximum absolute atomic E-state index is 11.5. The van der Waals surface area contributed by atoms with Crippen LogP contribution in [0.15, 0.2) is 18.2 Å². The van der Waals surface area contributed by atoms with Crippen molar-refractivity contribution < 1.29 is 14.3 Å². The van der Waals surface area contributed by atoms with Gasteiger partial charge >= 0.3 is 6.09 Å². The molecule has 0 aliphatic rings. The van der Waals surface area contributed by atoms with Crippen molar-refractivity contribution in [3.8, 4) is 0 Å². The highest BCUT2D eigenvalue weighted by molar-refractivity contribution is 8.12. The third-order valence-corrected chi connectivity index (χ3v) is 3.00. The van der Waals surface area contributed by atoms with Gasteiger partial charge in [0.05, 0.1) is 17.2 Å². The van der Waals surface area contributed by atoms with E-state index < -0.39 is 6.09 Å². The Morgan fingerprint density at radius 2 is 2.00 bits per heavy atom. The molecule has 1 aromatic carbocycles. The molecule has 0 fully saturated rings. The molecular weight excluding hydrogens is 273 g/mol. The Labute approximate surface area is 106 Å². The van der Waals surface area contributed by atoms with Crippen LogP contribution < -0.4 is 4.72 Å². The van der Waals surface area contributed by atoms with Crippen LogP contribution in [-0.4, -0.2) is 18.3 Å². The second-order valence-corrected chi connectivity index (χ2v) is 4.21. The summed E-state index contributed by atoms with van der Waals surface area (Å²) in [7, 11) is 1.21. The summed E-state index contributed by atoms with van der Waals surface area (Å²) in [6.45, 7) is 0. The van der Waals surface area contributed by atoms with Gasteiger partial charge in [0, 0.05) is 17.5 Å². The lowest BCUT2D eigenvalue weighted by molar-refractivity contribution is 0.108. The number of halogens is 2. The summed E-state index contributed by atoms with van der Waals surface area (Å²) >= 11 is 12.0. The minimum atomic E-state index is -0.696. The number of ether oxygens (including phenoxy) is 1. The minimum absolute atomic E-state index is 0.284. The number of rotatable bonds is 1. The Balaban J connectivity index is 2.66. The van der Waals surface area contributed by atoms with Gasteiger partial charge in [-0.05, 0) is 18.2 Å². The first-order chi connectivity index (χ1) is 7.54. The van der Waals surface area contributed by atoms with Gasteiger partial charge in [0.25, 0.3) is 0 Å². The Hall–Kier alpha value is -0.910. The van der Waals surface area contributed by atoms with E-state index in [1.54, 1.807) is 0 Å². The molecule has 0 atom stereocenters. The zero-order chi connectivity index (χ0) is 12.1. The summed E-state index contributed by atoms with van der Waals surface area (Å²) in [5.74, 6) is 0. The Morgan fingerprint density at radius 1 is 1.31 bits per heavy atom. The summed E-state index contributed by atoms with van der Waals surface area (Å²) in [6.07, 6.45) is -0.696. The molecular formula is C9H7Cl2NO3S. The van der Waals surface area contributed by atoms with Crippen LogP contribution >= 0.6 is 35.1 Å². The van der Waals surface area contributed by atoms with E-state index in [2.05, 4.69) is 9.46 Å². The van der Waals surface area contributed by atoms with Crippen LogP contribution in [-0.2, 0) is 4.74 Å². The van der Waals surface area contributed by atoms with E-state index >= 15 is 0 Å². The van der Waals surface area contributed by atoms with Crippen molar-refractivity contribution in [2.75, 3.05) is 7.11 Å². The molecule has 86 valence electrons. The first-order valence-corrected chi connectivity index (χ1v) is 5.62. The fraction of sp³-hybridized carbons (Fsp3) is 0.111. The number of carbonyl (C=O) groups excluding carboxylic acids is 2. The van der Waals surface area contributed by atoms with Crippen LogP contribution in [0, 0.1) is 0 Å². The van der Waals surface area contributed by atoms with Gasteiger partial charge in [-0.3, -0.25) is 9.52 Å². The summed E-state index contributed by atoms with van der Waals surface area (Å²) in [6, 6.07) is 4.45. The largest absolute Gasteiger partial charge is 0.452 e. The molecule has 0 heterocycles. The van der Waals surface area contributed by atoms with Crippen LogP contribution in [0.1, 0.15) is 10.4 Å². The number of amides is 1. The maximum Gasteiger partial charge on any atom is 0.417 e. The van der Waals surface area contributed by atoms with E-state index in [1.165, 1.54) is 25.3 Å². The number of hydrogen-bond donors (Lipinski definition) is 1. The molecule has 0 saturated carbocycles. The molecule has 0 saturated heterocycles. The van der Waals surface area contributed by atoms with E-state index in [-0.39, 0.29) is 10.1 Å². The molecule has 0 spiro atoms. The molecule has 0 aliphatic heterocycles. The van der Waals surface area contributed by atoms with E-state index in [0.717, 1.165) is 0 Å². The van der Waals surface area contributed by atoms with Crippen molar-refractivity contribution in [1.82, 2.24) is 4.72 Å². The monoisotopic (exact) mass is 279 g/mol. The lowest BCUT2D eigenvalue weighted by Gasteiger charge is -2.03. The predicted octanol–water partition coefficient (Wildman–Crippen LogP) is 3.14. The highest BCUT2D eigenvalue weighted by atomic mass is 35.5. The van der Waals surface area contributed by atoms with Gasteiger partial charge in [-0.15, -0.1) is 0 Å². The number of methoxy groups -OCH3 is 1. The number of carbonyl (C=O) groups is 2. The van der Waals surface area contributed by atoms with Crippen LogP contribution in [0.5, 0.6) is 0 Å². The van der Waals surface area contributed by atoms with Crippen LogP contribution in [0.2, 0.25) is 10.0 Å². The first-order valence-electron chi connectivity index (χ1n) is 4.04. The Kier molecular flexibility index (Phi) is 4.92. The van der Waals surface area contributed by atoms with Crippen molar-refractivity contribution >= 4 is 46.4 Å². The molecule has 0 unspecified atom stereocenters.